The number of ether oxygens (including phenoxy) is 3. The molecule has 4 rings (SSSR count). The summed E-state index contributed by atoms with van der Waals surface area (Å²) in [5.41, 5.74) is -0.284. The van der Waals surface area contributed by atoms with Gasteiger partial charge in [0.05, 0.1) is 55.0 Å². The van der Waals surface area contributed by atoms with E-state index in [1.165, 1.54) is 93.3 Å². The number of benzene rings is 1. The molecular weight excluding hydrogens is 732 g/mol. The molecule has 3 N–H and O–H groups in total. The lowest BCUT2D eigenvalue weighted by Crippen LogP contribution is -2.41. The second-order valence-electron chi connectivity index (χ2n) is 14.1. The second kappa shape index (κ2) is 22.4. The molecule has 1 aromatic carbocycles. The Bertz CT molecular complexity index is 1770. The van der Waals surface area contributed by atoms with E-state index in [1.807, 2.05) is 12.1 Å². The Morgan fingerprint density at radius 3 is 2.31 bits per heavy atom. The van der Waals surface area contributed by atoms with Crippen molar-refractivity contribution in [3.63, 3.8) is 0 Å². The van der Waals surface area contributed by atoms with Crippen molar-refractivity contribution in [2.24, 2.45) is 0 Å². The number of halogens is 1. The maximum absolute atomic E-state index is 14.0. The van der Waals surface area contributed by atoms with Gasteiger partial charge in [0.2, 0.25) is 5.60 Å². The molecule has 16 heteroatoms. The number of aromatic nitrogens is 3. The standard InChI is InChI=1S/C39H55FN5O9P/c1-3-4-5-6-7-8-9-10-11-12-13-14-15-18-50-24-33(51-23-31-19-30(22-41)20-32(40)21-31)25-52-55(48,49)53-26-35-37(46)38(47)39(27-42,54-35)36-17-16-34-29(2)43-28-44-45(34)36/h16-17,19-21,28,33,35,37-38,46-47H,3-15,18,23-26H2,1-2H3,(H,48,49)/t33-,35-,37-,38-,39+/m1/s1. The van der Waals surface area contributed by atoms with Gasteiger partial charge >= 0.3 is 7.82 Å². The lowest BCUT2D eigenvalue weighted by atomic mass is 9.92. The average Bonchev–Trinajstić information content (AvgIpc) is 3.72. The van der Waals surface area contributed by atoms with E-state index in [9.17, 15) is 34.6 Å². The van der Waals surface area contributed by atoms with Crippen molar-refractivity contribution in [1.29, 1.82) is 10.5 Å². The largest absolute Gasteiger partial charge is 0.472 e. The maximum Gasteiger partial charge on any atom is 0.472 e. The number of phosphoric acid groups is 1. The lowest BCUT2D eigenvalue weighted by Gasteiger charge is -2.24. The molecule has 1 fully saturated rings. The van der Waals surface area contributed by atoms with Crippen LogP contribution in [0.5, 0.6) is 0 Å². The summed E-state index contributed by atoms with van der Waals surface area (Å²) in [5, 5.41) is 45.3. The number of phosphoric ester groups is 1. The molecule has 1 aliphatic rings. The van der Waals surface area contributed by atoms with Crippen LogP contribution in [0.1, 0.15) is 113 Å². The van der Waals surface area contributed by atoms with Crippen LogP contribution in [0.25, 0.3) is 5.52 Å². The highest BCUT2D eigenvalue weighted by Crippen LogP contribution is 2.46. The van der Waals surface area contributed by atoms with E-state index in [1.54, 1.807) is 13.0 Å². The molecule has 0 saturated carbocycles. The monoisotopic (exact) mass is 787 g/mol. The third-order valence-electron chi connectivity index (χ3n) is 9.74. The van der Waals surface area contributed by atoms with E-state index in [2.05, 4.69) is 17.0 Å². The van der Waals surface area contributed by atoms with Crippen LogP contribution in [0.4, 0.5) is 4.39 Å². The lowest BCUT2D eigenvalue weighted by molar-refractivity contribution is -0.0690. The summed E-state index contributed by atoms with van der Waals surface area (Å²) < 4.78 is 56.3. The molecule has 302 valence electrons. The van der Waals surface area contributed by atoms with Gasteiger partial charge in [-0.2, -0.15) is 15.6 Å². The molecule has 0 bridgehead atoms. The van der Waals surface area contributed by atoms with Gasteiger partial charge in [-0.1, -0.05) is 84.0 Å². The van der Waals surface area contributed by atoms with E-state index in [-0.39, 0.29) is 24.5 Å². The van der Waals surface area contributed by atoms with Gasteiger partial charge in [0.1, 0.15) is 42.6 Å². The SMILES string of the molecule is CCCCCCCCCCCCCCCOC[C@H](COP(=O)(O)OC[C@H]1O[C@@](C#N)(c2ccc3c(C)ncnn23)[C@H](O)[C@@H]1O)OCc1cc(F)cc(C#N)c1. The number of hydrogen-bond acceptors (Lipinski definition) is 12. The Balaban J connectivity index is 1.25. The molecule has 2 aromatic heterocycles. The van der Waals surface area contributed by atoms with Gasteiger partial charge in [-0.05, 0) is 49.2 Å². The first kappa shape index (κ1) is 44.4. The van der Waals surface area contributed by atoms with Gasteiger partial charge in [-0.3, -0.25) is 9.05 Å². The van der Waals surface area contributed by atoms with Gasteiger partial charge in [-0.25, -0.2) is 18.5 Å². The molecule has 55 heavy (non-hydrogen) atoms. The first-order chi connectivity index (χ1) is 26.5. The van der Waals surface area contributed by atoms with Gasteiger partial charge in [0.15, 0.2) is 0 Å². The summed E-state index contributed by atoms with van der Waals surface area (Å²) in [5.74, 6) is -0.604. The Kier molecular flexibility index (Phi) is 18.1. The molecule has 0 radical (unpaired) electrons. The molecule has 14 nitrogen and oxygen atoms in total. The zero-order valence-electron chi connectivity index (χ0n) is 31.9. The number of aryl methyl sites for hydroxylation is 1. The molecule has 1 aliphatic heterocycles. The number of aliphatic hydroxyl groups is 2. The number of nitriles is 2. The van der Waals surface area contributed by atoms with Crippen LogP contribution in [-0.4, -0.2) is 80.5 Å². The fourth-order valence-corrected chi connectivity index (χ4v) is 7.39. The highest BCUT2D eigenvalue weighted by Gasteiger charge is 2.58. The van der Waals surface area contributed by atoms with E-state index in [0.29, 0.717) is 23.4 Å². The van der Waals surface area contributed by atoms with Crippen LogP contribution in [0.3, 0.4) is 0 Å². The van der Waals surface area contributed by atoms with Crippen molar-refractivity contribution in [2.45, 2.75) is 134 Å². The minimum Gasteiger partial charge on any atom is -0.387 e. The van der Waals surface area contributed by atoms with Crippen LogP contribution in [0, 0.1) is 35.4 Å². The Labute approximate surface area is 322 Å². The zero-order valence-corrected chi connectivity index (χ0v) is 32.7. The van der Waals surface area contributed by atoms with E-state index >= 15 is 0 Å². The van der Waals surface area contributed by atoms with Crippen LogP contribution in [-0.2, 0) is 40.0 Å². The minimum absolute atomic E-state index is 0.00564. The van der Waals surface area contributed by atoms with Gasteiger partial charge < -0.3 is 29.3 Å². The van der Waals surface area contributed by atoms with E-state index in [0.717, 1.165) is 25.3 Å². The zero-order chi connectivity index (χ0) is 39.7. The highest BCUT2D eigenvalue weighted by atomic mass is 31.2. The Morgan fingerprint density at radius 1 is 0.982 bits per heavy atom. The van der Waals surface area contributed by atoms with Crippen molar-refractivity contribution in [2.75, 3.05) is 26.4 Å². The molecule has 0 aliphatic carbocycles. The first-order valence-corrected chi connectivity index (χ1v) is 20.8. The summed E-state index contributed by atoms with van der Waals surface area (Å²) in [6.45, 7) is 3.10. The van der Waals surface area contributed by atoms with Gasteiger partial charge in [-0.15, -0.1) is 0 Å². The summed E-state index contributed by atoms with van der Waals surface area (Å²) in [6.07, 6.45) is 11.4. The van der Waals surface area contributed by atoms with E-state index < -0.39 is 56.9 Å². The molecule has 3 heterocycles. The normalized spacial score (nSPS) is 21.3. The Hall–Kier alpha value is -3.34. The van der Waals surface area contributed by atoms with Gasteiger partial charge in [0.25, 0.3) is 0 Å². The van der Waals surface area contributed by atoms with Crippen molar-refractivity contribution < 1.29 is 47.3 Å². The van der Waals surface area contributed by atoms with Crippen molar-refractivity contribution in [3.05, 3.63) is 65.0 Å². The molecule has 3 aromatic rings. The maximum atomic E-state index is 14.0. The topological polar surface area (TPSA) is 202 Å². The molecular formula is C39H55FN5O9P. The smallest absolute Gasteiger partial charge is 0.387 e. The fourth-order valence-electron chi connectivity index (χ4n) is 6.63. The summed E-state index contributed by atoms with van der Waals surface area (Å²) in [6, 6.07) is 10.8. The predicted molar refractivity (Wildman–Crippen MR) is 200 cm³/mol. The number of nitrogens with zero attached hydrogens (tertiary/aromatic N) is 5. The molecule has 0 amide bonds. The molecule has 6 atom stereocenters. The highest BCUT2D eigenvalue weighted by molar-refractivity contribution is 7.47. The number of rotatable bonds is 26. The number of aliphatic hydroxyl groups excluding tert-OH is 2. The second-order valence-corrected chi connectivity index (χ2v) is 15.5. The van der Waals surface area contributed by atoms with Crippen LogP contribution < -0.4 is 0 Å². The molecule has 1 saturated heterocycles. The van der Waals surface area contributed by atoms with Crippen LogP contribution >= 0.6 is 7.82 Å². The van der Waals surface area contributed by atoms with Crippen molar-refractivity contribution in [3.8, 4) is 12.1 Å². The quantitative estimate of drug-likeness (QED) is 0.0573. The van der Waals surface area contributed by atoms with Crippen molar-refractivity contribution >= 4 is 13.3 Å². The first-order valence-electron chi connectivity index (χ1n) is 19.3. The number of fused-ring (bicyclic) bond motifs is 1. The van der Waals surface area contributed by atoms with Crippen molar-refractivity contribution in [1.82, 2.24) is 14.6 Å². The third kappa shape index (κ3) is 13.1. The Morgan fingerprint density at radius 2 is 1.65 bits per heavy atom. The minimum atomic E-state index is -4.81. The van der Waals surface area contributed by atoms with Crippen LogP contribution in [0.15, 0.2) is 36.7 Å². The van der Waals surface area contributed by atoms with Crippen LogP contribution in [0.2, 0.25) is 0 Å². The molecule has 0 spiro atoms. The predicted octanol–water partition coefficient (Wildman–Crippen LogP) is 6.71. The van der Waals surface area contributed by atoms with E-state index in [4.69, 9.17) is 23.3 Å². The fraction of sp³-hybridized carbons (Fsp3) is 0.641. The number of unbranched alkanes of at least 4 members (excludes halogenated alkanes) is 12. The summed E-state index contributed by atoms with van der Waals surface area (Å²) in [7, 11) is -4.81. The summed E-state index contributed by atoms with van der Waals surface area (Å²) >= 11 is 0. The third-order valence-corrected chi connectivity index (χ3v) is 10.7. The van der Waals surface area contributed by atoms with Gasteiger partial charge in [0, 0.05) is 6.61 Å². The average molecular weight is 788 g/mol. The summed E-state index contributed by atoms with van der Waals surface area (Å²) in [4.78, 5) is 14.7. The number of hydrogen-bond donors (Lipinski definition) is 3. The molecule has 1 unspecified atom stereocenters.